The van der Waals surface area contributed by atoms with Crippen molar-refractivity contribution in [3.8, 4) is 5.75 Å². The molecular weight excluding hydrogens is 198 g/mol. The maximum absolute atomic E-state index is 5.85. The molecule has 3 rings (SSSR count). The second-order valence-corrected chi connectivity index (χ2v) is 5.00. The van der Waals surface area contributed by atoms with E-state index < -0.39 is 0 Å². The average molecular weight is 217 g/mol. The van der Waals surface area contributed by atoms with Crippen molar-refractivity contribution in [2.75, 3.05) is 13.2 Å². The van der Waals surface area contributed by atoms with Gasteiger partial charge in [0.25, 0.3) is 0 Å². The minimum absolute atomic E-state index is 0.691. The van der Waals surface area contributed by atoms with E-state index in [0.29, 0.717) is 11.8 Å². The van der Waals surface area contributed by atoms with Crippen molar-refractivity contribution in [2.24, 2.45) is 11.7 Å². The summed E-state index contributed by atoms with van der Waals surface area (Å²) in [6.07, 6.45) is 5.01. The van der Waals surface area contributed by atoms with Gasteiger partial charge in [-0.2, -0.15) is 0 Å². The van der Waals surface area contributed by atoms with Crippen LogP contribution in [0.15, 0.2) is 18.2 Å². The maximum atomic E-state index is 5.85. The third-order valence-corrected chi connectivity index (χ3v) is 4.10. The van der Waals surface area contributed by atoms with Crippen LogP contribution in [0, 0.1) is 5.92 Å². The molecule has 2 aliphatic rings. The van der Waals surface area contributed by atoms with E-state index in [4.69, 9.17) is 10.5 Å². The highest BCUT2D eigenvalue weighted by atomic mass is 16.5. The quantitative estimate of drug-likeness (QED) is 0.826. The molecule has 0 saturated heterocycles. The van der Waals surface area contributed by atoms with Gasteiger partial charge in [0.15, 0.2) is 0 Å². The molecule has 2 N–H and O–H groups in total. The van der Waals surface area contributed by atoms with Gasteiger partial charge in [0, 0.05) is 6.42 Å². The fourth-order valence-corrected chi connectivity index (χ4v) is 3.19. The summed E-state index contributed by atoms with van der Waals surface area (Å²) < 4.78 is 5.54. The van der Waals surface area contributed by atoms with Crippen LogP contribution in [0.4, 0.5) is 0 Å². The number of fused-ring (bicyclic) bond motifs is 1. The highest BCUT2D eigenvalue weighted by Gasteiger charge is 2.28. The highest BCUT2D eigenvalue weighted by Crippen LogP contribution is 2.40. The lowest BCUT2D eigenvalue weighted by molar-refractivity contribution is 0.356. The van der Waals surface area contributed by atoms with Crippen LogP contribution in [0.1, 0.15) is 36.3 Å². The average Bonchev–Trinajstić information content (AvgIpc) is 2.96. The molecule has 2 atom stereocenters. The fourth-order valence-electron chi connectivity index (χ4n) is 3.19. The first kappa shape index (κ1) is 10.2. The lowest BCUT2D eigenvalue weighted by Crippen LogP contribution is -2.17. The Morgan fingerprint density at radius 3 is 3.12 bits per heavy atom. The maximum Gasteiger partial charge on any atom is 0.122 e. The molecule has 1 fully saturated rings. The second kappa shape index (κ2) is 4.10. The largest absolute Gasteiger partial charge is 0.493 e. The predicted octanol–water partition coefficient (Wildman–Crippen LogP) is 2.46. The summed E-state index contributed by atoms with van der Waals surface area (Å²) in [6, 6.07) is 6.73. The smallest absolute Gasteiger partial charge is 0.122 e. The summed E-state index contributed by atoms with van der Waals surface area (Å²) in [5.41, 5.74) is 8.72. The van der Waals surface area contributed by atoms with Crippen molar-refractivity contribution < 1.29 is 4.74 Å². The van der Waals surface area contributed by atoms with Crippen LogP contribution < -0.4 is 10.5 Å². The van der Waals surface area contributed by atoms with Crippen molar-refractivity contribution >= 4 is 0 Å². The van der Waals surface area contributed by atoms with Gasteiger partial charge in [-0.1, -0.05) is 18.6 Å². The van der Waals surface area contributed by atoms with Gasteiger partial charge >= 0.3 is 0 Å². The van der Waals surface area contributed by atoms with Gasteiger partial charge in [0.05, 0.1) is 6.61 Å². The SMILES string of the molecule is NCC1CCCC1c1ccc2c(c1)CCO2. The predicted molar refractivity (Wildman–Crippen MR) is 64.8 cm³/mol. The van der Waals surface area contributed by atoms with Crippen LogP contribution >= 0.6 is 0 Å². The Morgan fingerprint density at radius 1 is 1.31 bits per heavy atom. The number of hydrogen-bond acceptors (Lipinski definition) is 2. The normalized spacial score (nSPS) is 27.8. The Hall–Kier alpha value is -1.02. The van der Waals surface area contributed by atoms with E-state index in [1.165, 1.54) is 30.4 Å². The summed E-state index contributed by atoms with van der Waals surface area (Å²) >= 11 is 0. The summed E-state index contributed by atoms with van der Waals surface area (Å²) in [5, 5.41) is 0. The molecule has 16 heavy (non-hydrogen) atoms. The van der Waals surface area contributed by atoms with Gasteiger partial charge in [-0.25, -0.2) is 0 Å². The molecule has 86 valence electrons. The van der Waals surface area contributed by atoms with Gasteiger partial charge in [-0.15, -0.1) is 0 Å². The van der Waals surface area contributed by atoms with Crippen LogP contribution in [0.5, 0.6) is 5.75 Å². The molecule has 1 aliphatic heterocycles. The molecule has 2 heteroatoms. The zero-order valence-electron chi connectivity index (χ0n) is 9.61. The molecule has 0 bridgehead atoms. The summed E-state index contributed by atoms with van der Waals surface area (Å²) in [7, 11) is 0. The first-order chi connectivity index (χ1) is 7.88. The molecule has 0 amide bonds. The molecular formula is C14H19NO. The molecule has 0 radical (unpaired) electrons. The van der Waals surface area contributed by atoms with Crippen LogP contribution in [-0.4, -0.2) is 13.2 Å². The van der Waals surface area contributed by atoms with E-state index in [1.807, 2.05) is 0 Å². The lowest BCUT2D eigenvalue weighted by atomic mass is 9.88. The van der Waals surface area contributed by atoms with Crippen molar-refractivity contribution in [3.05, 3.63) is 29.3 Å². The Labute approximate surface area is 96.8 Å². The molecule has 1 aromatic carbocycles. The van der Waals surface area contributed by atoms with Crippen LogP contribution in [0.25, 0.3) is 0 Å². The number of nitrogens with two attached hydrogens (primary N) is 1. The second-order valence-electron chi connectivity index (χ2n) is 5.00. The van der Waals surface area contributed by atoms with Crippen LogP contribution in [0.3, 0.4) is 0 Å². The molecule has 0 aromatic heterocycles. The monoisotopic (exact) mass is 217 g/mol. The van der Waals surface area contributed by atoms with Crippen molar-refractivity contribution in [1.29, 1.82) is 0 Å². The Bertz CT molecular complexity index is 388. The van der Waals surface area contributed by atoms with E-state index >= 15 is 0 Å². The number of benzene rings is 1. The fraction of sp³-hybridized carbons (Fsp3) is 0.571. The van der Waals surface area contributed by atoms with E-state index in [-0.39, 0.29) is 0 Å². The van der Waals surface area contributed by atoms with Crippen molar-refractivity contribution in [2.45, 2.75) is 31.6 Å². The number of hydrogen-bond donors (Lipinski definition) is 1. The first-order valence-electron chi connectivity index (χ1n) is 6.34. The zero-order chi connectivity index (χ0) is 11.0. The molecule has 1 saturated carbocycles. The standard InChI is InChI=1S/C14H19NO/c15-9-12-2-1-3-13(12)10-4-5-14-11(8-10)6-7-16-14/h4-5,8,12-13H,1-3,6-7,9,15H2. The molecule has 2 nitrogen and oxygen atoms in total. The topological polar surface area (TPSA) is 35.2 Å². The summed E-state index contributed by atoms with van der Waals surface area (Å²) in [4.78, 5) is 0. The van der Waals surface area contributed by atoms with E-state index in [9.17, 15) is 0 Å². The van der Waals surface area contributed by atoms with E-state index in [0.717, 1.165) is 25.3 Å². The van der Waals surface area contributed by atoms with Gasteiger partial charge in [0.1, 0.15) is 5.75 Å². The van der Waals surface area contributed by atoms with Crippen molar-refractivity contribution in [1.82, 2.24) is 0 Å². The van der Waals surface area contributed by atoms with Gasteiger partial charge < -0.3 is 10.5 Å². The van der Waals surface area contributed by atoms with Gasteiger partial charge in [-0.05, 0) is 48.4 Å². The zero-order valence-corrected chi connectivity index (χ0v) is 9.61. The third-order valence-electron chi connectivity index (χ3n) is 4.10. The van der Waals surface area contributed by atoms with Gasteiger partial charge in [0.2, 0.25) is 0 Å². The van der Waals surface area contributed by atoms with E-state index in [1.54, 1.807) is 0 Å². The minimum atomic E-state index is 0.691. The third kappa shape index (κ3) is 1.61. The summed E-state index contributed by atoms with van der Waals surface area (Å²) in [5.74, 6) is 2.47. The number of ether oxygens (including phenoxy) is 1. The first-order valence-corrected chi connectivity index (χ1v) is 6.34. The Kier molecular flexibility index (Phi) is 2.60. The van der Waals surface area contributed by atoms with Crippen molar-refractivity contribution in [3.63, 3.8) is 0 Å². The van der Waals surface area contributed by atoms with Crippen LogP contribution in [-0.2, 0) is 6.42 Å². The van der Waals surface area contributed by atoms with E-state index in [2.05, 4.69) is 18.2 Å². The minimum Gasteiger partial charge on any atom is -0.493 e. The molecule has 1 aliphatic carbocycles. The Morgan fingerprint density at radius 2 is 2.25 bits per heavy atom. The number of rotatable bonds is 2. The highest BCUT2D eigenvalue weighted by molar-refractivity contribution is 5.41. The van der Waals surface area contributed by atoms with Crippen LogP contribution in [0.2, 0.25) is 0 Å². The molecule has 1 aromatic rings. The summed E-state index contributed by atoms with van der Waals surface area (Å²) in [6.45, 7) is 1.68. The Balaban J connectivity index is 1.89. The molecule has 0 spiro atoms. The molecule has 1 heterocycles. The molecule has 2 unspecified atom stereocenters. The van der Waals surface area contributed by atoms with Gasteiger partial charge in [-0.3, -0.25) is 0 Å². The lowest BCUT2D eigenvalue weighted by Gasteiger charge is -2.18.